The van der Waals surface area contributed by atoms with Gasteiger partial charge in [-0.1, -0.05) is 30.3 Å². The molecular weight excluding hydrogens is 304 g/mol. The predicted octanol–water partition coefficient (Wildman–Crippen LogP) is 1.97. The van der Waals surface area contributed by atoms with Crippen molar-refractivity contribution in [3.05, 3.63) is 35.9 Å². The van der Waals surface area contributed by atoms with Crippen LogP contribution in [0.25, 0.3) is 0 Å². The van der Waals surface area contributed by atoms with Gasteiger partial charge < -0.3 is 14.9 Å². The fourth-order valence-corrected chi connectivity index (χ4v) is 3.67. The van der Waals surface area contributed by atoms with Crippen LogP contribution in [0.4, 0.5) is 0 Å². The van der Waals surface area contributed by atoms with Gasteiger partial charge >= 0.3 is 0 Å². The number of hydrogen-bond donors (Lipinski definition) is 1. The first-order valence-electron chi connectivity index (χ1n) is 8.94. The van der Waals surface area contributed by atoms with E-state index in [0.29, 0.717) is 31.0 Å². The fourth-order valence-electron chi connectivity index (χ4n) is 3.67. The number of hydrogen-bond acceptors (Lipinski definition) is 3. The molecule has 1 atom stereocenters. The number of aliphatic hydroxyl groups excluding tert-OH is 1. The third-order valence-corrected chi connectivity index (χ3v) is 5.25. The maximum absolute atomic E-state index is 12.4. The van der Waals surface area contributed by atoms with Crippen LogP contribution in [0.3, 0.4) is 0 Å². The monoisotopic (exact) mass is 330 g/mol. The van der Waals surface area contributed by atoms with E-state index in [1.165, 1.54) is 0 Å². The van der Waals surface area contributed by atoms with Crippen molar-refractivity contribution in [1.82, 2.24) is 9.80 Å². The van der Waals surface area contributed by atoms with Gasteiger partial charge in [-0.3, -0.25) is 9.59 Å². The highest BCUT2D eigenvalue weighted by atomic mass is 16.3. The zero-order chi connectivity index (χ0) is 16.9. The van der Waals surface area contributed by atoms with Crippen molar-refractivity contribution in [2.75, 3.05) is 26.2 Å². The molecule has 5 nitrogen and oxygen atoms in total. The van der Waals surface area contributed by atoms with Gasteiger partial charge in [-0.15, -0.1) is 0 Å². The molecule has 1 unspecified atom stereocenters. The molecule has 3 rings (SSSR count). The van der Waals surface area contributed by atoms with Gasteiger partial charge in [0.15, 0.2) is 6.10 Å². The zero-order valence-corrected chi connectivity index (χ0v) is 14.1. The molecule has 0 aromatic heterocycles. The molecule has 0 radical (unpaired) electrons. The Balaban J connectivity index is 1.44. The number of piperidine rings is 1. The third kappa shape index (κ3) is 3.96. The second-order valence-corrected chi connectivity index (χ2v) is 6.85. The summed E-state index contributed by atoms with van der Waals surface area (Å²) in [6, 6.07) is 9.09. The van der Waals surface area contributed by atoms with Crippen LogP contribution in [0, 0.1) is 5.92 Å². The SMILES string of the molecule is O=C1CCCN1CCC1CCN(C(=O)C(O)c2ccccc2)CC1. The van der Waals surface area contributed by atoms with Crippen molar-refractivity contribution in [2.24, 2.45) is 5.92 Å². The van der Waals surface area contributed by atoms with Gasteiger partial charge in [0.2, 0.25) is 5.91 Å². The number of nitrogens with zero attached hydrogens (tertiary/aromatic N) is 2. The standard InChI is InChI=1S/C19H26N2O3/c22-17-7-4-11-20(17)12-8-15-9-13-21(14-10-15)19(24)18(23)16-5-2-1-3-6-16/h1-3,5-6,15,18,23H,4,7-14H2. The Morgan fingerprint density at radius 1 is 1.17 bits per heavy atom. The minimum absolute atomic E-state index is 0.200. The molecule has 0 bridgehead atoms. The molecule has 5 heteroatoms. The van der Waals surface area contributed by atoms with E-state index < -0.39 is 6.10 Å². The van der Waals surface area contributed by atoms with Gasteiger partial charge in [0, 0.05) is 32.6 Å². The van der Waals surface area contributed by atoms with E-state index >= 15 is 0 Å². The Morgan fingerprint density at radius 2 is 1.88 bits per heavy atom. The zero-order valence-electron chi connectivity index (χ0n) is 14.1. The van der Waals surface area contributed by atoms with Gasteiger partial charge in [0.1, 0.15) is 0 Å². The van der Waals surface area contributed by atoms with E-state index in [4.69, 9.17) is 0 Å². The van der Waals surface area contributed by atoms with Crippen LogP contribution >= 0.6 is 0 Å². The number of carbonyl (C=O) groups is 2. The average Bonchev–Trinajstić information content (AvgIpc) is 3.05. The summed E-state index contributed by atoms with van der Waals surface area (Å²) >= 11 is 0. The molecule has 2 heterocycles. The highest BCUT2D eigenvalue weighted by Gasteiger charge is 2.28. The lowest BCUT2D eigenvalue weighted by molar-refractivity contribution is -0.142. The first-order valence-corrected chi connectivity index (χ1v) is 8.94. The summed E-state index contributed by atoms with van der Waals surface area (Å²) in [6.45, 7) is 3.15. The Hall–Kier alpha value is -1.88. The van der Waals surface area contributed by atoms with E-state index in [2.05, 4.69) is 0 Å². The minimum atomic E-state index is -1.06. The highest BCUT2D eigenvalue weighted by Crippen LogP contribution is 2.24. The number of carbonyl (C=O) groups excluding carboxylic acids is 2. The normalized spacial score (nSPS) is 20.5. The van der Waals surface area contributed by atoms with E-state index in [1.54, 1.807) is 17.0 Å². The van der Waals surface area contributed by atoms with Crippen molar-refractivity contribution in [1.29, 1.82) is 0 Å². The first kappa shape index (κ1) is 17.0. The number of rotatable bonds is 5. The maximum Gasteiger partial charge on any atom is 0.256 e. The van der Waals surface area contributed by atoms with E-state index in [-0.39, 0.29) is 11.8 Å². The summed E-state index contributed by atoms with van der Waals surface area (Å²) in [5.74, 6) is 0.652. The number of amides is 2. The summed E-state index contributed by atoms with van der Waals surface area (Å²) in [7, 11) is 0. The van der Waals surface area contributed by atoms with Gasteiger partial charge in [0.25, 0.3) is 5.91 Å². The molecule has 130 valence electrons. The Morgan fingerprint density at radius 3 is 2.50 bits per heavy atom. The summed E-state index contributed by atoms with van der Waals surface area (Å²) in [5, 5.41) is 10.2. The molecule has 2 fully saturated rings. The molecule has 0 spiro atoms. The van der Waals surface area contributed by atoms with Crippen LogP contribution in [-0.4, -0.2) is 52.9 Å². The van der Waals surface area contributed by atoms with Crippen molar-refractivity contribution in [3.8, 4) is 0 Å². The second-order valence-electron chi connectivity index (χ2n) is 6.85. The Kier molecular flexibility index (Phi) is 5.51. The molecule has 1 aromatic rings. The summed E-state index contributed by atoms with van der Waals surface area (Å²) in [6.07, 6.45) is 3.55. The lowest BCUT2D eigenvalue weighted by Gasteiger charge is -2.34. The van der Waals surface area contributed by atoms with Crippen molar-refractivity contribution < 1.29 is 14.7 Å². The van der Waals surface area contributed by atoms with E-state index in [1.807, 2.05) is 23.1 Å². The van der Waals surface area contributed by atoms with Crippen LogP contribution in [0.15, 0.2) is 30.3 Å². The first-order chi connectivity index (χ1) is 11.6. The van der Waals surface area contributed by atoms with Crippen LogP contribution < -0.4 is 0 Å². The van der Waals surface area contributed by atoms with Crippen LogP contribution in [0.1, 0.15) is 43.8 Å². The molecule has 2 aliphatic rings. The molecule has 1 N–H and O–H groups in total. The Labute approximate surface area is 143 Å². The predicted molar refractivity (Wildman–Crippen MR) is 91.1 cm³/mol. The number of aliphatic hydroxyl groups is 1. The molecule has 0 aliphatic carbocycles. The number of likely N-dealkylation sites (tertiary alicyclic amines) is 2. The summed E-state index contributed by atoms with van der Waals surface area (Å²) in [5.41, 5.74) is 0.650. The minimum Gasteiger partial charge on any atom is -0.378 e. The van der Waals surface area contributed by atoms with Crippen LogP contribution in [-0.2, 0) is 9.59 Å². The lowest BCUT2D eigenvalue weighted by atomic mass is 9.93. The molecule has 2 saturated heterocycles. The second kappa shape index (κ2) is 7.79. The lowest BCUT2D eigenvalue weighted by Crippen LogP contribution is -2.41. The van der Waals surface area contributed by atoms with Crippen molar-refractivity contribution >= 4 is 11.8 Å². The Bertz CT molecular complexity index is 567. The van der Waals surface area contributed by atoms with Crippen molar-refractivity contribution in [2.45, 2.75) is 38.2 Å². The summed E-state index contributed by atoms with van der Waals surface area (Å²) in [4.78, 5) is 27.8. The average molecular weight is 330 g/mol. The van der Waals surface area contributed by atoms with E-state index in [9.17, 15) is 14.7 Å². The molecular formula is C19H26N2O3. The van der Waals surface area contributed by atoms with Crippen LogP contribution in [0.5, 0.6) is 0 Å². The quantitative estimate of drug-likeness (QED) is 0.898. The third-order valence-electron chi connectivity index (χ3n) is 5.25. The van der Waals surface area contributed by atoms with Gasteiger partial charge in [-0.25, -0.2) is 0 Å². The largest absolute Gasteiger partial charge is 0.378 e. The van der Waals surface area contributed by atoms with Gasteiger partial charge in [-0.2, -0.15) is 0 Å². The van der Waals surface area contributed by atoms with Crippen LogP contribution in [0.2, 0.25) is 0 Å². The molecule has 1 aromatic carbocycles. The maximum atomic E-state index is 12.4. The highest BCUT2D eigenvalue weighted by molar-refractivity contribution is 5.82. The van der Waals surface area contributed by atoms with E-state index in [0.717, 1.165) is 38.8 Å². The van der Waals surface area contributed by atoms with Gasteiger partial charge in [0.05, 0.1) is 0 Å². The van der Waals surface area contributed by atoms with Gasteiger partial charge in [-0.05, 0) is 37.2 Å². The molecule has 2 aliphatic heterocycles. The molecule has 0 saturated carbocycles. The van der Waals surface area contributed by atoms with Crippen molar-refractivity contribution in [3.63, 3.8) is 0 Å². The number of benzene rings is 1. The smallest absolute Gasteiger partial charge is 0.256 e. The molecule has 2 amide bonds. The summed E-state index contributed by atoms with van der Waals surface area (Å²) < 4.78 is 0. The topological polar surface area (TPSA) is 60.9 Å². The fraction of sp³-hybridized carbons (Fsp3) is 0.579. The molecule has 24 heavy (non-hydrogen) atoms.